The molecule has 1 aliphatic rings. The maximum Gasteiger partial charge on any atom is 0.227 e. The van der Waals surface area contributed by atoms with Crippen molar-refractivity contribution < 1.29 is 9.90 Å². The Hall–Kier alpha value is -0.910. The highest BCUT2D eigenvalue weighted by molar-refractivity contribution is 7.10. The van der Waals surface area contributed by atoms with Crippen molar-refractivity contribution in [1.29, 1.82) is 0 Å². The van der Waals surface area contributed by atoms with Gasteiger partial charge in [-0.15, -0.1) is 11.3 Å². The molecule has 1 aliphatic heterocycles. The fraction of sp³-hybridized carbons (Fsp3) is 0.583. The van der Waals surface area contributed by atoms with Crippen molar-refractivity contribution in [3.63, 3.8) is 0 Å². The fourth-order valence-electron chi connectivity index (χ4n) is 2.05. The van der Waals surface area contributed by atoms with Gasteiger partial charge in [0.25, 0.3) is 0 Å². The van der Waals surface area contributed by atoms with Crippen LogP contribution in [0.1, 0.15) is 17.7 Å². The van der Waals surface area contributed by atoms with Crippen molar-refractivity contribution >= 4 is 17.2 Å². The molecule has 0 bridgehead atoms. The molecule has 2 heterocycles. The number of piperidine rings is 1. The zero-order valence-electron chi connectivity index (χ0n) is 9.76. The van der Waals surface area contributed by atoms with Gasteiger partial charge in [0.1, 0.15) is 0 Å². The zero-order valence-corrected chi connectivity index (χ0v) is 10.6. The minimum Gasteiger partial charge on any atom is -0.388 e. The summed E-state index contributed by atoms with van der Waals surface area (Å²) in [6, 6.07) is 3.93. The van der Waals surface area contributed by atoms with Gasteiger partial charge in [-0.1, -0.05) is 6.07 Å². The van der Waals surface area contributed by atoms with Crippen molar-refractivity contribution in [2.45, 2.75) is 24.9 Å². The number of aliphatic hydroxyl groups is 1. The molecule has 0 spiro atoms. The normalized spacial score (nSPS) is 19.3. The molecule has 1 aromatic rings. The number of carbonyl (C=O) groups is 1. The molecule has 2 rings (SSSR count). The van der Waals surface area contributed by atoms with E-state index in [9.17, 15) is 9.90 Å². The van der Waals surface area contributed by atoms with E-state index in [0.29, 0.717) is 32.4 Å². The summed E-state index contributed by atoms with van der Waals surface area (Å²) < 4.78 is 0. The third kappa shape index (κ3) is 3.06. The number of nitrogens with zero attached hydrogens (tertiary/aromatic N) is 1. The summed E-state index contributed by atoms with van der Waals surface area (Å²) in [6.45, 7) is 1.50. The lowest BCUT2D eigenvalue weighted by molar-refractivity contribution is -0.134. The van der Waals surface area contributed by atoms with Gasteiger partial charge in [0.15, 0.2) is 0 Å². The molecular formula is C12H18N2O2S. The highest BCUT2D eigenvalue weighted by Gasteiger charge is 2.32. The van der Waals surface area contributed by atoms with Gasteiger partial charge >= 0.3 is 0 Å². The molecule has 1 saturated heterocycles. The van der Waals surface area contributed by atoms with Crippen LogP contribution in [0, 0.1) is 0 Å². The Kier molecular flexibility index (Phi) is 3.81. The first-order valence-electron chi connectivity index (χ1n) is 5.85. The topological polar surface area (TPSA) is 66.6 Å². The molecule has 5 heteroatoms. The fourth-order valence-corrected chi connectivity index (χ4v) is 2.75. The van der Waals surface area contributed by atoms with E-state index in [1.165, 1.54) is 0 Å². The van der Waals surface area contributed by atoms with Crippen LogP contribution in [-0.4, -0.2) is 41.1 Å². The lowest BCUT2D eigenvalue weighted by Crippen LogP contribution is -2.50. The number of nitrogens with two attached hydrogens (primary N) is 1. The summed E-state index contributed by atoms with van der Waals surface area (Å²) in [5.74, 6) is 0.145. The van der Waals surface area contributed by atoms with E-state index >= 15 is 0 Å². The zero-order chi connectivity index (χ0) is 12.3. The predicted molar refractivity (Wildman–Crippen MR) is 67.8 cm³/mol. The number of likely N-dealkylation sites (tertiary alicyclic amines) is 1. The van der Waals surface area contributed by atoms with Crippen LogP contribution >= 0.6 is 11.3 Å². The Morgan fingerprint density at radius 2 is 2.24 bits per heavy atom. The summed E-state index contributed by atoms with van der Waals surface area (Å²) >= 11 is 1.60. The summed E-state index contributed by atoms with van der Waals surface area (Å²) in [5, 5.41) is 12.0. The van der Waals surface area contributed by atoms with Crippen molar-refractivity contribution in [2.75, 3.05) is 19.6 Å². The number of hydrogen-bond acceptors (Lipinski definition) is 4. The van der Waals surface area contributed by atoms with E-state index in [-0.39, 0.29) is 12.5 Å². The predicted octanol–water partition coefficient (Wildman–Crippen LogP) is 0.603. The molecule has 1 aromatic heterocycles. The Morgan fingerprint density at radius 3 is 2.76 bits per heavy atom. The molecule has 0 unspecified atom stereocenters. The number of hydrogen-bond donors (Lipinski definition) is 2. The number of carbonyl (C=O) groups excluding carboxylic acids is 1. The molecular weight excluding hydrogens is 236 g/mol. The van der Waals surface area contributed by atoms with Crippen molar-refractivity contribution in [2.24, 2.45) is 5.73 Å². The second kappa shape index (κ2) is 5.16. The molecule has 0 aliphatic carbocycles. The lowest BCUT2D eigenvalue weighted by Gasteiger charge is -2.37. The van der Waals surface area contributed by atoms with Crippen LogP contribution in [0.4, 0.5) is 0 Å². The lowest BCUT2D eigenvalue weighted by atomic mass is 9.91. The Balaban J connectivity index is 1.86. The van der Waals surface area contributed by atoms with Gasteiger partial charge in [0.05, 0.1) is 12.0 Å². The van der Waals surface area contributed by atoms with Gasteiger partial charge in [-0.3, -0.25) is 4.79 Å². The third-order valence-electron chi connectivity index (χ3n) is 3.33. The maximum atomic E-state index is 12.0. The first kappa shape index (κ1) is 12.5. The highest BCUT2D eigenvalue weighted by Crippen LogP contribution is 2.21. The molecule has 0 radical (unpaired) electrons. The van der Waals surface area contributed by atoms with E-state index in [0.717, 1.165) is 4.88 Å². The van der Waals surface area contributed by atoms with E-state index in [1.54, 1.807) is 11.3 Å². The Morgan fingerprint density at radius 1 is 1.53 bits per heavy atom. The molecule has 17 heavy (non-hydrogen) atoms. The van der Waals surface area contributed by atoms with Crippen LogP contribution in [-0.2, 0) is 11.2 Å². The van der Waals surface area contributed by atoms with E-state index in [4.69, 9.17) is 5.73 Å². The van der Waals surface area contributed by atoms with Crippen LogP contribution in [0.2, 0.25) is 0 Å². The van der Waals surface area contributed by atoms with E-state index < -0.39 is 5.60 Å². The monoisotopic (exact) mass is 254 g/mol. The number of amides is 1. The van der Waals surface area contributed by atoms with Gasteiger partial charge < -0.3 is 15.7 Å². The number of rotatable bonds is 3. The maximum absolute atomic E-state index is 12.0. The Labute approximate surface area is 105 Å². The molecule has 0 atom stereocenters. The number of thiophene rings is 1. The first-order chi connectivity index (χ1) is 8.13. The minimum absolute atomic E-state index is 0.145. The van der Waals surface area contributed by atoms with Crippen molar-refractivity contribution in [3.8, 4) is 0 Å². The van der Waals surface area contributed by atoms with E-state index in [2.05, 4.69) is 0 Å². The standard InChI is InChI=1S/C12H18N2O2S/c13-9-12(16)3-5-14(6-4-12)11(15)8-10-2-1-7-17-10/h1-2,7,16H,3-6,8-9,13H2. The Bertz CT molecular complexity index is 370. The molecule has 0 saturated carbocycles. The summed E-state index contributed by atoms with van der Waals surface area (Å²) in [6.07, 6.45) is 1.64. The SMILES string of the molecule is NCC1(O)CCN(C(=O)Cc2cccs2)CC1. The van der Waals surface area contributed by atoms with Gasteiger partial charge in [-0.05, 0) is 24.3 Å². The second-order valence-corrected chi connectivity index (χ2v) is 5.60. The summed E-state index contributed by atoms with van der Waals surface area (Å²) in [4.78, 5) is 14.9. The van der Waals surface area contributed by atoms with Gasteiger partial charge in [-0.25, -0.2) is 0 Å². The second-order valence-electron chi connectivity index (χ2n) is 4.57. The van der Waals surface area contributed by atoms with Gasteiger partial charge in [0, 0.05) is 24.5 Å². The smallest absolute Gasteiger partial charge is 0.227 e. The molecule has 1 fully saturated rings. The third-order valence-corrected chi connectivity index (χ3v) is 4.21. The van der Waals surface area contributed by atoms with Crippen LogP contribution in [0.25, 0.3) is 0 Å². The molecule has 1 amide bonds. The summed E-state index contributed by atoms with van der Waals surface area (Å²) in [5.41, 5.74) is 4.75. The van der Waals surface area contributed by atoms with Crippen LogP contribution in [0.15, 0.2) is 17.5 Å². The quantitative estimate of drug-likeness (QED) is 0.830. The average Bonchev–Trinajstić information content (AvgIpc) is 2.83. The molecule has 0 aromatic carbocycles. The highest BCUT2D eigenvalue weighted by atomic mass is 32.1. The molecule has 3 N–H and O–H groups in total. The molecule has 4 nitrogen and oxygen atoms in total. The first-order valence-corrected chi connectivity index (χ1v) is 6.73. The van der Waals surface area contributed by atoms with Gasteiger partial charge in [-0.2, -0.15) is 0 Å². The summed E-state index contributed by atoms with van der Waals surface area (Å²) in [7, 11) is 0. The minimum atomic E-state index is -0.764. The van der Waals surface area contributed by atoms with Crippen molar-refractivity contribution in [1.82, 2.24) is 4.90 Å². The van der Waals surface area contributed by atoms with Crippen molar-refractivity contribution in [3.05, 3.63) is 22.4 Å². The largest absolute Gasteiger partial charge is 0.388 e. The van der Waals surface area contributed by atoms with Gasteiger partial charge in [0.2, 0.25) is 5.91 Å². The average molecular weight is 254 g/mol. The molecule has 94 valence electrons. The van der Waals surface area contributed by atoms with E-state index in [1.807, 2.05) is 22.4 Å². The van der Waals surface area contributed by atoms with Crippen LogP contribution in [0.5, 0.6) is 0 Å². The van der Waals surface area contributed by atoms with Crippen LogP contribution < -0.4 is 5.73 Å². The van der Waals surface area contributed by atoms with Crippen LogP contribution in [0.3, 0.4) is 0 Å².